The molecule has 0 atom stereocenters. The summed E-state index contributed by atoms with van der Waals surface area (Å²) >= 11 is 1.20. The van der Waals surface area contributed by atoms with Crippen molar-refractivity contribution in [3.05, 3.63) is 11.1 Å². The van der Waals surface area contributed by atoms with Gasteiger partial charge in [-0.2, -0.15) is 0 Å². The predicted molar refractivity (Wildman–Crippen MR) is 55.3 cm³/mol. The van der Waals surface area contributed by atoms with Gasteiger partial charge in [-0.25, -0.2) is 4.98 Å². The Labute approximate surface area is 90.5 Å². The molecular formula is C9H8N2O3S. The van der Waals surface area contributed by atoms with Crippen LogP contribution in [0.4, 0.5) is 5.13 Å². The zero-order valence-corrected chi connectivity index (χ0v) is 8.76. The number of carbonyl (C=O) groups excluding carboxylic acids is 2. The van der Waals surface area contributed by atoms with Crippen LogP contribution in [-0.2, 0) is 20.7 Å². The maximum absolute atomic E-state index is 10.9. The SMILES string of the molecule is C#CC(=O)Nc1nc(CC(=O)OC)cs1. The molecule has 1 rings (SSSR count). The van der Waals surface area contributed by atoms with Gasteiger partial charge < -0.3 is 4.74 Å². The van der Waals surface area contributed by atoms with E-state index in [9.17, 15) is 9.59 Å². The van der Waals surface area contributed by atoms with Gasteiger partial charge in [0.1, 0.15) is 0 Å². The largest absolute Gasteiger partial charge is 0.469 e. The average molecular weight is 224 g/mol. The van der Waals surface area contributed by atoms with Crippen molar-refractivity contribution >= 4 is 28.3 Å². The molecule has 0 aromatic carbocycles. The number of carbonyl (C=O) groups is 2. The standard InChI is InChI=1S/C9H8N2O3S/c1-3-7(12)11-9-10-6(5-15-9)4-8(13)14-2/h1,5H,4H2,2H3,(H,10,11,12). The summed E-state index contributed by atoms with van der Waals surface area (Å²) in [5, 5.41) is 4.41. The second kappa shape index (κ2) is 5.12. The second-order valence-electron chi connectivity index (χ2n) is 2.50. The number of hydrogen-bond donors (Lipinski definition) is 1. The lowest BCUT2D eigenvalue weighted by atomic mass is 10.3. The lowest BCUT2D eigenvalue weighted by Crippen LogP contribution is -2.08. The Bertz CT molecular complexity index is 419. The molecule has 0 aliphatic heterocycles. The molecule has 0 saturated carbocycles. The van der Waals surface area contributed by atoms with E-state index < -0.39 is 5.91 Å². The summed E-state index contributed by atoms with van der Waals surface area (Å²) in [6.07, 6.45) is 4.95. The number of esters is 1. The molecule has 0 bridgehead atoms. The minimum Gasteiger partial charge on any atom is -0.469 e. The smallest absolute Gasteiger partial charge is 0.311 e. The molecule has 15 heavy (non-hydrogen) atoms. The summed E-state index contributed by atoms with van der Waals surface area (Å²) in [4.78, 5) is 25.7. The normalized spacial score (nSPS) is 9.07. The Balaban J connectivity index is 2.61. The van der Waals surface area contributed by atoms with E-state index in [2.05, 4.69) is 15.0 Å². The zero-order chi connectivity index (χ0) is 11.3. The molecule has 0 aliphatic rings. The molecule has 78 valence electrons. The quantitative estimate of drug-likeness (QED) is 0.597. The van der Waals surface area contributed by atoms with Gasteiger partial charge in [-0.15, -0.1) is 17.8 Å². The van der Waals surface area contributed by atoms with Gasteiger partial charge in [-0.05, 0) is 5.92 Å². The number of thiazole rings is 1. The predicted octanol–water partition coefficient (Wildman–Crippen LogP) is 0.430. The van der Waals surface area contributed by atoms with Crippen molar-refractivity contribution in [2.24, 2.45) is 0 Å². The highest BCUT2D eigenvalue weighted by Crippen LogP contribution is 2.15. The number of nitrogens with one attached hydrogen (secondary N) is 1. The summed E-state index contributed by atoms with van der Waals surface area (Å²) in [5.41, 5.74) is 0.541. The minimum atomic E-state index is -0.561. The first-order valence-electron chi connectivity index (χ1n) is 3.94. The first kappa shape index (κ1) is 11.2. The highest BCUT2D eigenvalue weighted by Gasteiger charge is 2.08. The van der Waals surface area contributed by atoms with Gasteiger partial charge in [0, 0.05) is 5.38 Å². The number of amides is 1. The topological polar surface area (TPSA) is 68.3 Å². The van der Waals surface area contributed by atoms with Crippen LogP contribution in [0.2, 0.25) is 0 Å². The maximum Gasteiger partial charge on any atom is 0.311 e. The number of ether oxygens (including phenoxy) is 1. The first-order valence-corrected chi connectivity index (χ1v) is 4.82. The van der Waals surface area contributed by atoms with Crippen LogP contribution in [-0.4, -0.2) is 24.0 Å². The van der Waals surface area contributed by atoms with Gasteiger partial charge in [0.05, 0.1) is 19.2 Å². The van der Waals surface area contributed by atoms with E-state index in [1.54, 1.807) is 5.38 Å². The number of hydrogen-bond acceptors (Lipinski definition) is 5. The maximum atomic E-state index is 10.9. The second-order valence-corrected chi connectivity index (χ2v) is 3.35. The fourth-order valence-corrected chi connectivity index (χ4v) is 1.50. The number of methoxy groups -OCH3 is 1. The summed E-state index contributed by atoms with van der Waals surface area (Å²) in [6.45, 7) is 0. The van der Waals surface area contributed by atoms with E-state index in [1.165, 1.54) is 18.4 Å². The highest BCUT2D eigenvalue weighted by atomic mass is 32.1. The van der Waals surface area contributed by atoms with Crippen LogP contribution in [0.5, 0.6) is 0 Å². The number of aromatic nitrogens is 1. The van der Waals surface area contributed by atoms with Crippen LogP contribution < -0.4 is 5.32 Å². The van der Waals surface area contributed by atoms with Crippen molar-refractivity contribution in [2.75, 3.05) is 12.4 Å². The van der Waals surface area contributed by atoms with Crippen LogP contribution >= 0.6 is 11.3 Å². The number of terminal acetylenes is 1. The number of rotatable bonds is 3. The fraction of sp³-hybridized carbons (Fsp3) is 0.222. The van der Waals surface area contributed by atoms with Crippen LogP contribution in [0.3, 0.4) is 0 Å². The monoisotopic (exact) mass is 224 g/mol. The van der Waals surface area contributed by atoms with E-state index in [0.717, 1.165) is 0 Å². The molecule has 0 fully saturated rings. The molecule has 1 aromatic rings. The summed E-state index contributed by atoms with van der Waals surface area (Å²) in [7, 11) is 1.30. The van der Waals surface area contributed by atoms with E-state index in [-0.39, 0.29) is 12.4 Å². The molecule has 0 saturated heterocycles. The summed E-state index contributed by atoms with van der Waals surface area (Å²) < 4.78 is 4.47. The summed E-state index contributed by atoms with van der Waals surface area (Å²) in [6, 6.07) is 0. The van der Waals surface area contributed by atoms with E-state index in [4.69, 9.17) is 6.42 Å². The number of anilines is 1. The molecule has 0 radical (unpaired) electrons. The number of nitrogens with zero attached hydrogens (tertiary/aromatic N) is 1. The molecule has 1 aromatic heterocycles. The first-order chi connectivity index (χ1) is 7.15. The lowest BCUT2D eigenvalue weighted by Gasteiger charge is -1.94. The molecule has 6 heteroatoms. The van der Waals surface area contributed by atoms with Crippen LogP contribution in [0, 0.1) is 12.3 Å². The van der Waals surface area contributed by atoms with Crippen molar-refractivity contribution in [3.63, 3.8) is 0 Å². The molecule has 1 amide bonds. The lowest BCUT2D eigenvalue weighted by molar-refractivity contribution is -0.139. The zero-order valence-electron chi connectivity index (χ0n) is 7.94. The van der Waals surface area contributed by atoms with E-state index in [1.807, 2.05) is 5.92 Å². The molecule has 5 nitrogen and oxygen atoms in total. The molecule has 1 heterocycles. The fourth-order valence-electron chi connectivity index (χ4n) is 0.799. The highest BCUT2D eigenvalue weighted by molar-refractivity contribution is 7.14. The van der Waals surface area contributed by atoms with Crippen molar-refractivity contribution in [1.82, 2.24) is 4.98 Å². The third-order valence-corrected chi connectivity index (χ3v) is 2.26. The van der Waals surface area contributed by atoms with Crippen molar-refractivity contribution in [1.29, 1.82) is 0 Å². The molecule has 0 spiro atoms. The van der Waals surface area contributed by atoms with E-state index >= 15 is 0 Å². The van der Waals surface area contributed by atoms with Crippen LogP contribution in [0.15, 0.2) is 5.38 Å². The minimum absolute atomic E-state index is 0.0823. The van der Waals surface area contributed by atoms with Gasteiger partial charge in [-0.3, -0.25) is 14.9 Å². The third-order valence-electron chi connectivity index (χ3n) is 1.46. The van der Waals surface area contributed by atoms with Gasteiger partial charge in [-0.1, -0.05) is 0 Å². The Morgan fingerprint density at radius 1 is 1.73 bits per heavy atom. The van der Waals surface area contributed by atoms with Gasteiger partial charge >= 0.3 is 11.9 Å². The molecular weight excluding hydrogens is 216 g/mol. The summed E-state index contributed by atoms with van der Waals surface area (Å²) in [5.74, 6) is 0.959. The van der Waals surface area contributed by atoms with Gasteiger partial charge in [0.15, 0.2) is 5.13 Å². The Morgan fingerprint density at radius 3 is 3.07 bits per heavy atom. The Morgan fingerprint density at radius 2 is 2.47 bits per heavy atom. The van der Waals surface area contributed by atoms with Crippen LogP contribution in [0.1, 0.15) is 5.69 Å². The molecule has 0 aliphatic carbocycles. The third kappa shape index (κ3) is 3.40. The van der Waals surface area contributed by atoms with Crippen molar-refractivity contribution in [3.8, 4) is 12.3 Å². The van der Waals surface area contributed by atoms with Crippen LogP contribution in [0.25, 0.3) is 0 Å². The Kier molecular flexibility index (Phi) is 3.83. The van der Waals surface area contributed by atoms with Gasteiger partial charge in [0.25, 0.3) is 0 Å². The molecule has 1 N–H and O–H groups in total. The van der Waals surface area contributed by atoms with Crippen molar-refractivity contribution < 1.29 is 14.3 Å². The molecule has 0 unspecified atom stereocenters. The Hall–Kier alpha value is -1.87. The van der Waals surface area contributed by atoms with E-state index in [0.29, 0.717) is 10.8 Å². The van der Waals surface area contributed by atoms with Gasteiger partial charge in [0.2, 0.25) is 0 Å². The van der Waals surface area contributed by atoms with Crippen molar-refractivity contribution in [2.45, 2.75) is 6.42 Å². The average Bonchev–Trinajstić information content (AvgIpc) is 2.65.